The average molecular weight is 356 g/mol. The molecule has 1 aliphatic heterocycles. The van der Waals surface area contributed by atoms with Gasteiger partial charge in [-0.15, -0.1) is 0 Å². The standard InChI is InChI=1S/C17H19Cl2NO3/c1-16(2,3)23-15(22)20-7-11-12(8-21)17(11,9-20)10-4-5-13(18)14(19)6-10/h4-6,8,11-12H,7,9H2,1-3H3/t11-,12?,17+/m0/s1. The first-order valence-corrected chi connectivity index (χ1v) is 8.33. The summed E-state index contributed by atoms with van der Waals surface area (Å²) in [6.07, 6.45) is 0.647. The first-order valence-electron chi connectivity index (χ1n) is 7.58. The summed E-state index contributed by atoms with van der Waals surface area (Å²) >= 11 is 12.1. The average Bonchev–Trinajstić information content (AvgIpc) is 2.87. The Bertz CT molecular complexity index is 670. The van der Waals surface area contributed by atoms with E-state index in [1.54, 1.807) is 17.0 Å². The highest BCUT2D eigenvalue weighted by molar-refractivity contribution is 6.42. The first-order chi connectivity index (χ1) is 10.7. The molecule has 3 rings (SSSR count). The molecule has 0 N–H and O–H groups in total. The number of ether oxygens (including phenoxy) is 1. The fourth-order valence-corrected chi connectivity index (χ4v) is 3.93. The summed E-state index contributed by atoms with van der Waals surface area (Å²) in [6.45, 7) is 6.51. The molecule has 4 nitrogen and oxygen atoms in total. The van der Waals surface area contributed by atoms with Gasteiger partial charge in [0.25, 0.3) is 0 Å². The molecule has 1 saturated heterocycles. The summed E-state index contributed by atoms with van der Waals surface area (Å²) in [4.78, 5) is 25.4. The quantitative estimate of drug-likeness (QED) is 0.755. The molecule has 1 aliphatic carbocycles. The van der Waals surface area contributed by atoms with Gasteiger partial charge in [0.1, 0.15) is 11.9 Å². The third-order valence-electron chi connectivity index (χ3n) is 4.71. The molecule has 0 aromatic heterocycles. The van der Waals surface area contributed by atoms with Crippen LogP contribution in [0.2, 0.25) is 10.0 Å². The minimum atomic E-state index is -0.537. The zero-order valence-electron chi connectivity index (χ0n) is 13.3. The van der Waals surface area contributed by atoms with Crippen molar-refractivity contribution in [1.29, 1.82) is 0 Å². The Balaban J connectivity index is 1.85. The fraction of sp³-hybridized carbons (Fsp3) is 0.529. The molecule has 124 valence electrons. The zero-order chi connectivity index (χ0) is 17.0. The highest BCUT2D eigenvalue weighted by Crippen LogP contribution is 2.63. The number of fused-ring (bicyclic) bond motifs is 1. The number of rotatable bonds is 2. The third kappa shape index (κ3) is 2.72. The summed E-state index contributed by atoms with van der Waals surface area (Å²) in [7, 11) is 0. The van der Waals surface area contributed by atoms with Gasteiger partial charge in [-0.25, -0.2) is 4.79 Å². The van der Waals surface area contributed by atoms with Crippen molar-refractivity contribution in [3.8, 4) is 0 Å². The Labute approximate surface area is 145 Å². The van der Waals surface area contributed by atoms with Crippen LogP contribution in [0.5, 0.6) is 0 Å². The van der Waals surface area contributed by atoms with Crippen LogP contribution in [0.4, 0.5) is 4.79 Å². The summed E-state index contributed by atoms with van der Waals surface area (Å²) in [5, 5.41) is 0.943. The maximum Gasteiger partial charge on any atom is 0.410 e. The topological polar surface area (TPSA) is 46.6 Å². The van der Waals surface area contributed by atoms with Crippen molar-refractivity contribution in [2.75, 3.05) is 13.1 Å². The van der Waals surface area contributed by atoms with Gasteiger partial charge in [-0.1, -0.05) is 29.3 Å². The molecule has 6 heteroatoms. The van der Waals surface area contributed by atoms with Crippen LogP contribution in [-0.2, 0) is 14.9 Å². The van der Waals surface area contributed by atoms with Gasteiger partial charge in [0.15, 0.2) is 0 Å². The summed E-state index contributed by atoms with van der Waals surface area (Å²) in [5.41, 5.74) is 0.0671. The van der Waals surface area contributed by atoms with E-state index in [1.165, 1.54) is 0 Å². The van der Waals surface area contributed by atoms with E-state index in [4.69, 9.17) is 27.9 Å². The molecule has 0 spiro atoms. The van der Waals surface area contributed by atoms with Crippen LogP contribution in [0.3, 0.4) is 0 Å². The van der Waals surface area contributed by atoms with Gasteiger partial charge in [-0.05, 0) is 44.4 Å². The van der Waals surface area contributed by atoms with E-state index in [2.05, 4.69) is 0 Å². The molecule has 1 unspecified atom stereocenters. The second kappa shape index (κ2) is 5.38. The first kappa shape index (κ1) is 16.6. The van der Waals surface area contributed by atoms with Crippen LogP contribution in [-0.4, -0.2) is 36.0 Å². The number of halogens is 2. The van der Waals surface area contributed by atoms with Crippen molar-refractivity contribution >= 4 is 35.6 Å². The van der Waals surface area contributed by atoms with Crippen molar-refractivity contribution < 1.29 is 14.3 Å². The lowest BCUT2D eigenvalue weighted by atomic mass is 9.93. The number of hydrogen-bond donors (Lipinski definition) is 0. The summed E-state index contributed by atoms with van der Waals surface area (Å²) in [6, 6.07) is 5.43. The number of nitrogens with zero attached hydrogens (tertiary/aromatic N) is 1. The van der Waals surface area contributed by atoms with Crippen molar-refractivity contribution in [2.24, 2.45) is 11.8 Å². The predicted molar refractivity (Wildman–Crippen MR) is 89.0 cm³/mol. The van der Waals surface area contributed by atoms with E-state index in [1.807, 2.05) is 26.8 Å². The molecule has 23 heavy (non-hydrogen) atoms. The smallest absolute Gasteiger partial charge is 0.410 e. The molecule has 0 radical (unpaired) electrons. The lowest BCUT2D eigenvalue weighted by Crippen LogP contribution is -2.39. The molecule has 0 bridgehead atoms. The second-order valence-electron chi connectivity index (χ2n) is 7.30. The molecule has 1 aromatic carbocycles. The van der Waals surface area contributed by atoms with Crippen LogP contribution in [0.1, 0.15) is 26.3 Å². The molecule has 1 saturated carbocycles. The van der Waals surface area contributed by atoms with Gasteiger partial charge >= 0.3 is 6.09 Å². The minimum absolute atomic E-state index is 0.0848. The Morgan fingerprint density at radius 2 is 2.04 bits per heavy atom. The van der Waals surface area contributed by atoms with E-state index < -0.39 is 5.60 Å². The van der Waals surface area contributed by atoms with E-state index in [-0.39, 0.29) is 23.3 Å². The summed E-state index contributed by atoms with van der Waals surface area (Å²) in [5.74, 6) is 0.0307. The number of hydrogen-bond acceptors (Lipinski definition) is 3. The number of benzene rings is 1. The normalized spacial score (nSPS) is 29.2. The van der Waals surface area contributed by atoms with E-state index in [0.717, 1.165) is 11.8 Å². The van der Waals surface area contributed by atoms with E-state index in [0.29, 0.717) is 23.1 Å². The van der Waals surface area contributed by atoms with E-state index in [9.17, 15) is 9.59 Å². The molecule has 2 fully saturated rings. The largest absolute Gasteiger partial charge is 0.444 e. The summed E-state index contributed by atoms with van der Waals surface area (Å²) < 4.78 is 5.43. The van der Waals surface area contributed by atoms with Crippen LogP contribution in [0, 0.1) is 11.8 Å². The highest BCUT2D eigenvalue weighted by atomic mass is 35.5. The number of carbonyl (C=O) groups excluding carboxylic acids is 2. The van der Waals surface area contributed by atoms with Gasteiger partial charge in [-0.3, -0.25) is 0 Å². The maximum absolute atomic E-state index is 12.3. The van der Waals surface area contributed by atoms with Crippen molar-refractivity contribution in [3.05, 3.63) is 33.8 Å². The predicted octanol–water partition coefficient (Wildman–Crippen LogP) is 3.93. The number of piperidine rings is 1. The maximum atomic E-state index is 12.3. The van der Waals surface area contributed by atoms with Crippen molar-refractivity contribution in [3.63, 3.8) is 0 Å². The zero-order valence-corrected chi connectivity index (χ0v) is 14.8. The number of likely N-dealkylation sites (tertiary alicyclic amines) is 1. The lowest BCUT2D eigenvalue weighted by molar-refractivity contribution is -0.109. The van der Waals surface area contributed by atoms with Crippen molar-refractivity contribution in [2.45, 2.75) is 31.8 Å². The molecule has 2 aliphatic rings. The van der Waals surface area contributed by atoms with Crippen LogP contribution >= 0.6 is 23.2 Å². The Kier molecular flexibility index (Phi) is 3.88. The Morgan fingerprint density at radius 3 is 2.61 bits per heavy atom. The molecule has 1 aromatic rings. The number of aldehydes is 1. The number of amides is 1. The minimum Gasteiger partial charge on any atom is -0.444 e. The molecular formula is C17H19Cl2NO3. The fourth-order valence-electron chi connectivity index (χ4n) is 3.63. The van der Waals surface area contributed by atoms with Crippen LogP contribution < -0.4 is 0 Å². The lowest BCUT2D eigenvalue weighted by Gasteiger charge is -2.27. The monoisotopic (exact) mass is 355 g/mol. The number of carbonyl (C=O) groups is 2. The van der Waals surface area contributed by atoms with Gasteiger partial charge < -0.3 is 14.4 Å². The van der Waals surface area contributed by atoms with Gasteiger partial charge in [0.2, 0.25) is 0 Å². The Morgan fingerprint density at radius 1 is 1.35 bits per heavy atom. The van der Waals surface area contributed by atoms with Gasteiger partial charge in [0.05, 0.1) is 10.0 Å². The van der Waals surface area contributed by atoms with E-state index >= 15 is 0 Å². The molecular weight excluding hydrogens is 337 g/mol. The van der Waals surface area contributed by atoms with Gasteiger partial charge in [0, 0.05) is 24.4 Å². The SMILES string of the molecule is CC(C)(C)OC(=O)N1C[C@H]2C(C=O)[C@@]2(c2ccc(Cl)c(Cl)c2)C1. The van der Waals surface area contributed by atoms with Crippen LogP contribution in [0.15, 0.2) is 18.2 Å². The van der Waals surface area contributed by atoms with Gasteiger partial charge in [-0.2, -0.15) is 0 Å². The highest BCUT2D eigenvalue weighted by Gasteiger charge is 2.70. The molecule has 3 atom stereocenters. The third-order valence-corrected chi connectivity index (χ3v) is 5.44. The van der Waals surface area contributed by atoms with Crippen LogP contribution in [0.25, 0.3) is 0 Å². The molecule has 1 heterocycles. The Hall–Kier alpha value is -1.26. The second-order valence-corrected chi connectivity index (χ2v) is 8.11. The van der Waals surface area contributed by atoms with Crippen molar-refractivity contribution in [1.82, 2.24) is 4.90 Å². The molecule has 1 amide bonds.